The van der Waals surface area contributed by atoms with Gasteiger partial charge in [-0.15, -0.1) is 0 Å². The molecular weight excluding hydrogens is 196 g/mol. The minimum atomic E-state index is -0.416. The fourth-order valence-electron chi connectivity index (χ4n) is 0.698. The molecule has 0 bridgehead atoms. The van der Waals surface area contributed by atoms with Crippen LogP contribution in [0.4, 0.5) is 0 Å². The van der Waals surface area contributed by atoms with Crippen molar-refractivity contribution in [2.45, 2.75) is 40.5 Å². The highest BCUT2D eigenvalue weighted by Crippen LogP contribution is 2.17. The molecule has 0 spiro atoms. The summed E-state index contributed by atoms with van der Waals surface area (Å²) >= 11 is 0. The fraction of sp³-hybridized carbons (Fsp3) is 0.571. The first-order valence-electron chi connectivity index (χ1n) is 5.11. The molecule has 0 N–H and O–H groups in total. The Morgan fingerprint density at radius 1 is 0.750 bits per heavy atom. The summed E-state index contributed by atoms with van der Waals surface area (Å²) in [6.45, 7) is 7.36. The van der Waals surface area contributed by atoms with Crippen molar-refractivity contribution in [1.29, 1.82) is 10.5 Å². The van der Waals surface area contributed by atoms with Gasteiger partial charge in [0.25, 0.3) is 0 Å². The van der Waals surface area contributed by atoms with Crippen LogP contribution in [0.15, 0.2) is 0 Å². The second kappa shape index (κ2) is 5.85. The molecule has 0 heterocycles. The molecule has 0 rings (SSSR count). The van der Waals surface area contributed by atoms with Crippen LogP contribution >= 0.6 is 0 Å². The number of rotatable bonds is 2. The van der Waals surface area contributed by atoms with Gasteiger partial charge < -0.3 is 0 Å². The molecule has 2 heteroatoms. The smallest absolute Gasteiger partial charge is 0.0693 e. The van der Waals surface area contributed by atoms with E-state index in [1.165, 1.54) is 0 Å². The fourth-order valence-corrected chi connectivity index (χ4v) is 0.698. The van der Waals surface area contributed by atoms with Gasteiger partial charge in [-0.2, -0.15) is 10.5 Å². The molecule has 0 aliphatic carbocycles. The maximum absolute atomic E-state index is 8.75. The van der Waals surface area contributed by atoms with Gasteiger partial charge in [0.05, 0.1) is 23.0 Å². The van der Waals surface area contributed by atoms with E-state index in [4.69, 9.17) is 10.5 Å². The van der Waals surface area contributed by atoms with Crippen LogP contribution in [0, 0.1) is 57.2 Å². The predicted molar refractivity (Wildman–Crippen MR) is 63.6 cm³/mol. The van der Waals surface area contributed by atoms with Gasteiger partial charge in [-0.25, -0.2) is 0 Å². The summed E-state index contributed by atoms with van der Waals surface area (Å²) in [6.07, 6.45) is 1.03. The van der Waals surface area contributed by atoms with Crippen molar-refractivity contribution < 1.29 is 0 Å². The van der Waals surface area contributed by atoms with Crippen molar-refractivity contribution in [3.63, 3.8) is 0 Å². The number of nitrogens with zero attached hydrogens (tertiary/aromatic N) is 2. The maximum atomic E-state index is 8.75. The van der Waals surface area contributed by atoms with Crippen LogP contribution in [-0.4, -0.2) is 0 Å². The van der Waals surface area contributed by atoms with Gasteiger partial charge >= 0.3 is 0 Å². The van der Waals surface area contributed by atoms with Gasteiger partial charge in [-0.1, -0.05) is 11.8 Å². The van der Waals surface area contributed by atoms with Gasteiger partial charge in [0, 0.05) is 12.8 Å². The lowest BCUT2D eigenvalue weighted by atomic mass is 9.91. The Bertz CT molecular complexity index is 390. The molecule has 0 saturated carbocycles. The van der Waals surface area contributed by atoms with E-state index in [-0.39, 0.29) is 0 Å². The molecule has 0 radical (unpaired) electrons. The van der Waals surface area contributed by atoms with E-state index in [9.17, 15) is 0 Å². The second-order valence-electron chi connectivity index (χ2n) is 4.95. The molecule has 0 aliphatic rings. The molecule has 0 aliphatic heterocycles. The Kier molecular flexibility index (Phi) is 5.16. The summed E-state index contributed by atoms with van der Waals surface area (Å²) in [7, 11) is 0. The molecule has 16 heavy (non-hydrogen) atoms. The van der Waals surface area contributed by atoms with Crippen molar-refractivity contribution in [3.05, 3.63) is 0 Å². The van der Waals surface area contributed by atoms with Gasteiger partial charge in [0.15, 0.2) is 0 Å². The van der Waals surface area contributed by atoms with Crippen molar-refractivity contribution in [2.24, 2.45) is 10.8 Å². The quantitative estimate of drug-likeness (QED) is 0.661. The van der Waals surface area contributed by atoms with Crippen LogP contribution in [0.2, 0.25) is 0 Å². The first kappa shape index (κ1) is 14.1. The van der Waals surface area contributed by atoms with Crippen LogP contribution in [-0.2, 0) is 0 Å². The normalized spacial score (nSPS) is 9.88. The lowest BCUT2D eigenvalue weighted by Gasteiger charge is -2.08. The summed E-state index contributed by atoms with van der Waals surface area (Å²) < 4.78 is 0. The van der Waals surface area contributed by atoms with Crippen LogP contribution in [0.25, 0.3) is 0 Å². The number of hydrogen-bond donors (Lipinski definition) is 0. The summed E-state index contributed by atoms with van der Waals surface area (Å²) in [5.41, 5.74) is -0.832. The number of nitriles is 2. The molecule has 0 atom stereocenters. The predicted octanol–water partition coefficient (Wildman–Crippen LogP) is 2.87. The van der Waals surface area contributed by atoms with E-state index in [1.807, 2.05) is 27.7 Å². The monoisotopic (exact) mass is 212 g/mol. The molecule has 0 unspecified atom stereocenters. The zero-order valence-electron chi connectivity index (χ0n) is 10.3. The molecule has 0 aromatic heterocycles. The van der Waals surface area contributed by atoms with E-state index in [2.05, 4.69) is 35.8 Å². The van der Waals surface area contributed by atoms with E-state index in [1.54, 1.807) is 0 Å². The molecule has 0 aromatic carbocycles. The van der Waals surface area contributed by atoms with Crippen LogP contribution < -0.4 is 0 Å². The molecule has 2 nitrogen and oxygen atoms in total. The Labute approximate surface area is 98.3 Å². The van der Waals surface area contributed by atoms with Crippen molar-refractivity contribution in [1.82, 2.24) is 0 Å². The standard InChI is InChI=1S/C14H16N2/c1-13(2,11-15)9-7-5-6-8-10-14(3,4)12-16/h9-10H2,1-4H3. The Hall–Kier alpha value is -1.90. The minimum absolute atomic E-state index is 0.416. The molecular formula is C14H16N2. The van der Waals surface area contributed by atoms with Gasteiger partial charge in [0.2, 0.25) is 0 Å². The van der Waals surface area contributed by atoms with E-state index >= 15 is 0 Å². The maximum Gasteiger partial charge on any atom is 0.0693 e. The number of hydrogen-bond acceptors (Lipinski definition) is 2. The first-order chi connectivity index (χ1) is 7.33. The zero-order valence-corrected chi connectivity index (χ0v) is 10.3. The third-order valence-corrected chi connectivity index (χ3v) is 1.91. The lowest BCUT2D eigenvalue weighted by molar-refractivity contribution is 0.513. The van der Waals surface area contributed by atoms with Gasteiger partial charge in [0.1, 0.15) is 0 Å². The van der Waals surface area contributed by atoms with Gasteiger partial charge in [-0.3, -0.25) is 0 Å². The van der Waals surface area contributed by atoms with E-state index in [0.717, 1.165) is 0 Å². The van der Waals surface area contributed by atoms with Crippen molar-refractivity contribution >= 4 is 0 Å². The summed E-state index contributed by atoms with van der Waals surface area (Å²) in [5.74, 6) is 11.1. The van der Waals surface area contributed by atoms with Crippen molar-refractivity contribution in [3.8, 4) is 35.8 Å². The van der Waals surface area contributed by atoms with Crippen molar-refractivity contribution in [2.75, 3.05) is 0 Å². The topological polar surface area (TPSA) is 47.6 Å². The Morgan fingerprint density at radius 3 is 1.31 bits per heavy atom. The van der Waals surface area contributed by atoms with Crippen LogP contribution in [0.3, 0.4) is 0 Å². The molecule has 0 aromatic rings. The SMILES string of the molecule is CC(C)(C#N)CC#CC#CCC(C)(C)C#N. The average Bonchev–Trinajstić information content (AvgIpc) is 2.23. The zero-order chi connectivity index (χ0) is 12.7. The third-order valence-electron chi connectivity index (χ3n) is 1.91. The third kappa shape index (κ3) is 6.54. The van der Waals surface area contributed by atoms with Gasteiger partial charge in [-0.05, 0) is 39.5 Å². The summed E-state index contributed by atoms with van der Waals surface area (Å²) in [4.78, 5) is 0. The minimum Gasteiger partial charge on any atom is -0.198 e. The molecule has 0 fully saturated rings. The average molecular weight is 212 g/mol. The van der Waals surface area contributed by atoms with Crippen LogP contribution in [0.1, 0.15) is 40.5 Å². The highest BCUT2D eigenvalue weighted by molar-refractivity contribution is 5.27. The Morgan fingerprint density at radius 2 is 1.06 bits per heavy atom. The first-order valence-corrected chi connectivity index (χ1v) is 5.11. The highest BCUT2D eigenvalue weighted by Gasteiger charge is 2.14. The second-order valence-corrected chi connectivity index (χ2v) is 4.95. The largest absolute Gasteiger partial charge is 0.198 e. The lowest BCUT2D eigenvalue weighted by Crippen LogP contribution is -2.05. The van der Waals surface area contributed by atoms with Crippen LogP contribution in [0.5, 0.6) is 0 Å². The molecule has 0 saturated heterocycles. The van der Waals surface area contributed by atoms with E-state index in [0.29, 0.717) is 12.8 Å². The molecule has 0 amide bonds. The highest BCUT2D eigenvalue weighted by atomic mass is 14.3. The summed E-state index contributed by atoms with van der Waals surface area (Å²) in [5, 5.41) is 17.5. The molecule has 82 valence electrons. The Balaban J connectivity index is 4.21. The van der Waals surface area contributed by atoms with E-state index < -0.39 is 10.8 Å². The summed E-state index contributed by atoms with van der Waals surface area (Å²) in [6, 6.07) is 4.34.